The number of benzene rings is 1. The van der Waals surface area contributed by atoms with Gasteiger partial charge in [0.15, 0.2) is 0 Å². The van der Waals surface area contributed by atoms with Gasteiger partial charge in [-0.05, 0) is 31.0 Å². The minimum Gasteiger partial charge on any atom is -0.449 e. The van der Waals surface area contributed by atoms with Gasteiger partial charge in [-0.3, -0.25) is 5.32 Å². The highest BCUT2D eigenvalue weighted by Crippen LogP contribution is 2.22. The van der Waals surface area contributed by atoms with E-state index in [9.17, 15) is 4.79 Å². The van der Waals surface area contributed by atoms with Crippen LogP contribution in [-0.4, -0.2) is 12.7 Å². The predicted molar refractivity (Wildman–Crippen MR) is 61.5 cm³/mol. The van der Waals surface area contributed by atoms with Gasteiger partial charge in [0.1, 0.15) is 0 Å². The monoisotopic (exact) mass is 227 g/mol. The summed E-state index contributed by atoms with van der Waals surface area (Å²) in [5, 5.41) is 3.27. The van der Waals surface area contributed by atoms with Crippen LogP contribution in [0.25, 0.3) is 0 Å². The number of hydrogen-bond donors (Lipinski definition) is 1. The van der Waals surface area contributed by atoms with E-state index < -0.39 is 6.09 Å². The minimum atomic E-state index is -0.442. The van der Waals surface area contributed by atoms with Crippen LogP contribution in [0.5, 0.6) is 0 Å². The molecule has 0 aromatic heterocycles. The van der Waals surface area contributed by atoms with Crippen molar-refractivity contribution >= 4 is 23.4 Å². The molecule has 0 saturated carbocycles. The molecule has 82 valence electrons. The van der Waals surface area contributed by atoms with E-state index in [0.29, 0.717) is 17.3 Å². The molecule has 1 N–H and O–H groups in total. The maximum absolute atomic E-state index is 11.3. The average Bonchev–Trinajstić information content (AvgIpc) is 2.22. The van der Waals surface area contributed by atoms with Crippen LogP contribution in [0.3, 0.4) is 0 Å². The lowest BCUT2D eigenvalue weighted by Crippen LogP contribution is -2.14. The Morgan fingerprint density at radius 1 is 1.53 bits per heavy atom. The van der Waals surface area contributed by atoms with Crippen LogP contribution in [0.2, 0.25) is 5.02 Å². The van der Waals surface area contributed by atoms with Crippen LogP contribution < -0.4 is 5.32 Å². The predicted octanol–water partition coefficient (Wildman–Crippen LogP) is 3.61. The lowest BCUT2D eigenvalue weighted by molar-refractivity contribution is 0.161. The summed E-state index contributed by atoms with van der Waals surface area (Å²) in [6.45, 7) is 4.21. The van der Waals surface area contributed by atoms with Crippen molar-refractivity contribution in [2.75, 3.05) is 11.9 Å². The first-order valence-electron chi connectivity index (χ1n) is 4.84. The van der Waals surface area contributed by atoms with Gasteiger partial charge in [-0.25, -0.2) is 4.79 Å². The Bertz CT molecular complexity index is 352. The number of ether oxygens (including phenoxy) is 1. The molecule has 0 saturated heterocycles. The van der Waals surface area contributed by atoms with Crippen molar-refractivity contribution in [3.63, 3.8) is 0 Å². The van der Waals surface area contributed by atoms with E-state index in [0.717, 1.165) is 12.0 Å². The zero-order valence-corrected chi connectivity index (χ0v) is 9.60. The molecule has 3 nitrogen and oxygen atoms in total. The molecule has 0 spiro atoms. The van der Waals surface area contributed by atoms with Crippen LogP contribution >= 0.6 is 11.6 Å². The van der Waals surface area contributed by atoms with Crippen molar-refractivity contribution in [2.45, 2.75) is 20.3 Å². The van der Waals surface area contributed by atoms with Crippen molar-refractivity contribution in [3.8, 4) is 0 Å². The molecule has 0 aliphatic carbocycles. The molecule has 0 radical (unpaired) electrons. The minimum absolute atomic E-state index is 0.422. The number of hydrogen-bond acceptors (Lipinski definition) is 2. The van der Waals surface area contributed by atoms with Crippen molar-refractivity contribution in [1.29, 1.82) is 0 Å². The normalized spacial score (nSPS) is 9.80. The quantitative estimate of drug-likeness (QED) is 0.857. The summed E-state index contributed by atoms with van der Waals surface area (Å²) in [7, 11) is 0. The van der Waals surface area contributed by atoms with E-state index in [1.54, 1.807) is 18.2 Å². The number of carbonyl (C=O) groups is 1. The third-order valence-corrected chi connectivity index (χ3v) is 2.35. The number of halogens is 1. The van der Waals surface area contributed by atoms with E-state index in [-0.39, 0.29) is 0 Å². The zero-order chi connectivity index (χ0) is 11.3. The lowest BCUT2D eigenvalue weighted by atomic mass is 10.2. The zero-order valence-electron chi connectivity index (χ0n) is 8.84. The van der Waals surface area contributed by atoms with E-state index in [4.69, 9.17) is 16.3 Å². The van der Waals surface area contributed by atoms with Gasteiger partial charge in [0.2, 0.25) is 0 Å². The molecule has 0 bridgehead atoms. The first-order valence-corrected chi connectivity index (χ1v) is 5.21. The molecule has 0 atom stereocenters. The van der Waals surface area contributed by atoms with Gasteiger partial charge in [-0.15, -0.1) is 0 Å². The van der Waals surface area contributed by atoms with Crippen LogP contribution in [0, 0.1) is 6.92 Å². The van der Waals surface area contributed by atoms with Crippen molar-refractivity contribution in [2.24, 2.45) is 0 Å². The molecule has 0 aliphatic rings. The summed E-state index contributed by atoms with van der Waals surface area (Å²) >= 11 is 5.91. The summed E-state index contributed by atoms with van der Waals surface area (Å²) in [5.74, 6) is 0. The lowest BCUT2D eigenvalue weighted by Gasteiger charge is -2.09. The summed E-state index contributed by atoms with van der Waals surface area (Å²) in [4.78, 5) is 11.3. The Labute approximate surface area is 94.4 Å². The van der Waals surface area contributed by atoms with Crippen LogP contribution in [-0.2, 0) is 4.74 Å². The molecule has 1 aromatic rings. The highest BCUT2D eigenvalue weighted by molar-refractivity contribution is 6.31. The highest BCUT2D eigenvalue weighted by atomic mass is 35.5. The second kappa shape index (κ2) is 5.61. The van der Waals surface area contributed by atoms with Gasteiger partial charge in [0.05, 0.1) is 6.61 Å². The molecule has 1 amide bonds. The first-order chi connectivity index (χ1) is 7.15. The van der Waals surface area contributed by atoms with Gasteiger partial charge in [-0.2, -0.15) is 0 Å². The Hall–Kier alpha value is -1.22. The smallest absolute Gasteiger partial charge is 0.411 e. The van der Waals surface area contributed by atoms with Crippen LogP contribution in [0.15, 0.2) is 18.2 Å². The Morgan fingerprint density at radius 3 is 2.93 bits per heavy atom. The SMILES string of the molecule is CCCOC(=O)Nc1cccc(Cl)c1C. The second-order valence-electron chi connectivity index (χ2n) is 3.17. The van der Waals surface area contributed by atoms with Gasteiger partial charge in [0.25, 0.3) is 0 Å². The number of amides is 1. The molecular formula is C11H14ClNO2. The number of anilines is 1. The van der Waals surface area contributed by atoms with E-state index in [1.807, 2.05) is 13.8 Å². The standard InChI is InChI=1S/C11H14ClNO2/c1-3-7-15-11(14)13-10-6-4-5-9(12)8(10)2/h4-6H,3,7H2,1-2H3,(H,13,14). The average molecular weight is 228 g/mol. The third kappa shape index (κ3) is 3.44. The summed E-state index contributed by atoms with van der Waals surface area (Å²) in [6, 6.07) is 5.35. The molecule has 15 heavy (non-hydrogen) atoms. The second-order valence-corrected chi connectivity index (χ2v) is 3.58. The Kier molecular flexibility index (Phi) is 4.43. The number of rotatable bonds is 3. The summed E-state index contributed by atoms with van der Waals surface area (Å²) in [5.41, 5.74) is 1.52. The maximum atomic E-state index is 11.3. The van der Waals surface area contributed by atoms with Crippen molar-refractivity contribution in [1.82, 2.24) is 0 Å². The van der Waals surface area contributed by atoms with E-state index in [2.05, 4.69) is 5.32 Å². The molecule has 0 heterocycles. The maximum Gasteiger partial charge on any atom is 0.411 e. The van der Waals surface area contributed by atoms with Gasteiger partial charge >= 0.3 is 6.09 Å². The fourth-order valence-electron chi connectivity index (χ4n) is 1.08. The largest absolute Gasteiger partial charge is 0.449 e. The van der Waals surface area contributed by atoms with Crippen molar-refractivity contribution < 1.29 is 9.53 Å². The van der Waals surface area contributed by atoms with Gasteiger partial charge < -0.3 is 4.74 Å². The number of nitrogens with one attached hydrogen (secondary N) is 1. The van der Waals surface area contributed by atoms with E-state index >= 15 is 0 Å². The van der Waals surface area contributed by atoms with Gasteiger partial charge in [0, 0.05) is 10.7 Å². The Balaban J connectivity index is 2.64. The topological polar surface area (TPSA) is 38.3 Å². The summed E-state index contributed by atoms with van der Waals surface area (Å²) in [6.07, 6.45) is 0.365. The summed E-state index contributed by atoms with van der Waals surface area (Å²) < 4.78 is 4.90. The molecule has 4 heteroatoms. The molecule has 0 aliphatic heterocycles. The van der Waals surface area contributed by atoms with E-state index in [1.165, 1.54) is 0 Å². The van der Waals surface area contributed by atoms with Gasteiger partial charge in [-0.1, -0.05) is 24.6 Å². The van der Waals surface area contributed by atoms with Crippen LogP contribution in [0.1, 0.15) is 18.9 Å². The molecular weight excluding hydrogens is 214 g/mol. The molecule has 1 aromatic carbocycles. The third-order valence-electron chi connectivity index (χ3n) is 1.94. The fourth-order valence-corrected chi connectivity index (χ4v) is 1.26. The Morgan fingerprint density at radius 2 is 2.27 bits per heavy atom. The first kappa shape index (κ1) is 11.9. The highest BCUT2D eigenvalue weighted by Gasteiger charge is 2.06. The molecule has 0 fully saturated rings. The van der Waals surface area contributed by atoms with Crippen molar-refractivity contribution in [3.05, 3.63) is 28.8 Å². The van der Waals surface area contributed by atoms with Crippen LogP contribution in [0.4, 0.5) is 10.5 Å². The number of carbonyl (C=O) groups excluding carboxylic acids is 1. The fraction of sp³-hybridized carbons (Fsp3) is 0.364. The molecule has 1 rings (SSSR count). The molecule has 0 unspecified atom stereocenters.